The first kappa shape index (κ1) is 27.8. The molecule has 4 nitrogen and oxygen atoms in total. The maximum absolute atomic E-state index is 13.1. The summed E-state index contributed by atoms with van der Waals surface area (Å²) in [4.78, 5) is 4.70. The van der Waals surface area contributed by atoms with E-state index in [1.165, 1.54) is 17.7 Å². The Hall–Kier alpha value is -2.23. The zero-order valence-electron chi connectivity index (χ0n) is 20.7. The molecule has 0 spiro atoms. The third-order valence-corrected chi connectivity index (χ3v) is 6.96. The molecule has 2 aliphatic heterocycles. The second kappa shape index (κ2) is 13.5. The summed E-state index contributed by atoms with van der Waals surface area (Å²) in [5, 5.41) is 0. The van der Waals surface area contributed by atoms with Gasteiger partial charge in [0.05, 0.1) is 32.0 Å². The van der Waals surface area contributed by atoms with E-state index in [2.05, 4.69) is 50.0 Å². The number of hydrogen-bond acceptors (Lipinski definition) is 4. The summed E-state index contributed by atoms with van der Waals surface area (Å²) in [7, 11) is 0. The minimum Gasteiger partial charge on any atom is -0.379 e. The van der Waals surface area contributed by atoms with Crippen molar-refractivity contribution in [1.29, 1.82) is 0 Å². The first-order chi connectivity index (χ1) is 17.9. The number of hydrogen-bond donors (Lipinski definition) is 0. The molecule has 198 valence electrons. The molecule has 2 heterocycles. The maximum atomic E-state index is 13.1. The van der Waals surface area contributed by atoms with Crippen molar-refractivity contribution in [3.05, 3.63) is 94.0 Å². The van der Waals surface area contributed by atoms with Gasteiger partial charge in [-0.05, 0) is 40.5 Å². The van der Waals surface area contributed by atoms with E-state index < -0.39 is 11.7 Å². The number of rotatable bonds is 5. The van der Waals surface area contributed by atoms with Gasteiger partial charge >= 0.3 is 6.18 Å². The largest absolute Gasteiger partial charge is 0.417 e. The highest BCUT2D eigenvalue weighted by molar-refractivity contribution is 9.10. The van der Waals surface area contributed by atoms with Crippen LogP contribution in [0.1, 0.15) is 16.7 Å². The fraction of sp³-hybridized carbons (Fsp3) is 0.379. The Kier molecular flexibility index (Phi) is 10.2. The molecule has 0 saturated carbocycles. The van der Waals surface area contributed by atoms with Crippen LogP contribution in [0.2, 0.25) is 0 Å². The average molecular weight is 577 g/mol. The van der Waals surface area contributed by atoms with Crippen LogP contribution in [0.4, 0.5) is 13.2 Å². The van der Waals surface area contributed by atoms with E-state index in [-0.39, 0.29) is 5.56 Å². The average Bonchev–Trinajstić information content (AvgIpc) is 2.92. The molecule has 2 fully saturated rings. The van der Waals surface area contributed by atoms with Crippen molar-refractivity contribution in [3.8, 4) is 11.1 Å². The van der Waals surface area contributed by atoms with Crippen molar-refractivity contribution >= 4 is 15.9 Å². The predicted molar refractivity (Wildman–Crippen MR) is 143 cm³/mol. The maximum Gasteiger partial charge on any atom is 0.417 e. The number of nitrogens with zero attached hydrogens (tertiary/aromatic N) is 2. The summed E-state index contributed by atoms with van der Waals surface area (Å²) in [5.74, 6) is 0. The fourth-order valence-corrected chi connectivity index (χ4v) is 4.66. The molecule has 0 amide bonds. The Morgan fingerprint density at radius 3 is 1.59 bits per heavy atom. The summed E-state index contributed by atoms with van der Waals surface area (Å²) >= 11 is 3.44. The topological polar surface area (TPSA) is 24.9 Å². The molecule has 3 aromatic carbocycles. The Morgan fingerprint density at radius 2 is 1.11 bits per heavy atom. The molecule has 0 unspecified atom stereocenters. The predicted octanol–water partition coefficient (Wildman–Crippen LogP) is 6.49. The van der Waals surface area contributed by atoms with Crippen molar-refractivity contribution in [1.82, 2.24) is 9.80 Å². The molecule has 2 saturated heterocycles. The van der Waals surface area contributed by atoms with Gasteiger partial charge in [-0.1, -0.05) is 70.5 Å². The van der Waals surface area contributed by atoms with E-state index >= 15 is 0 Å². The van der Waals surface area contributed by atoms with Crippen LogP contribution in [-0.4, -0.2) is 62.4 Å². The monoisotopic (exact) mass is 576 g/mol. The van der Waals surface area contributed by atoms with E-state index in [0.29, 0.717) is 5.56 Å². The highest BCUT2D eigenvalue weighted by Gasteiger charge is 2.33. The summed E-state index contributed by atoms with van der Waals surface area (Å²) < 4.78 is 51.1. The SMILES string of the molecule is Brc1ccc(CN2CCOCC2)cc1.FC(F)(F)c1ccccc1-c1ccc(CN2CCOCC2)cc1. The van der Waals surface area contributed by atoms with Crippen LogP contribution in [0.15, 0.2) is 77.3 Å². The van der Waals surface area contributed by atoms with Gasteiger partial charge in [-0.15, -0.1) is 0 Å². The lowest BCUT2D eigenvalue weighted by Crippen LogP contribution is -2.35. The number of benzene rings is 3. The lowest BCUT2D eigenvalue weighted by atomic mass is 9.98. The second-order valence-electron chi connectivity index (χ2n) is 9.14. The quantitative estimate of drug-likeness (QED) is 0.347. The van der Waals surface area contributed by atoms with Crippen LogP contribution in [0.5, 0.6) is 0 Å². The van der Waals surface area contributed by atoms with Crippen LogP contribution < -0.4 is 0 Å². The van der Waals surface area contributed by atoms with Crippen molar-refractivity contribution in [2.45, 2.75) is 19.3 Å². The molecular weight excluding hydrogens is 545 g/mol. The van der Waals surface area contributed by atoms with Crippen molar-refractivity contribution in [2.24, 2.45) is 0 Å². The molecule has 8 heteroatoms. The molecule has 0 aliphatic carbocycles. The Balaban J connectivity index is 0.000000195. The number of alkyl halides is 3. The van der Waals surface area contributed by atoms with E-state index in [9.17, 15) is 13.2 Å². The number of halogens is 4. The van der Waals surface area contributed by atoms with Gasteiger partial charge in [0.15, 0.2) is 0 Å². The normalized spacial score (nSPS) is 17.2. The van der Waals surface area contributed by atoms with Gasteiger partial charge in [-0.25, -0.2) is 0 Å². The van der Waals surface area contributed by atoms with Gasteiger partial charge in [0.2, 0.25) is 0 Å². The standard InChI is InChI=1S/C18H18F3NO.C11H14BrNO/c19-18(20,21)17-4-2-1-3-16(17)15-7-5-14(6-8-15)13-22-9-11-23-12-10-22;12-11-3-1-10(2-4-11)9-13-5-7-14-8-6-13/h1-8H,9-13H2;1-4H,5-9H2. The van der Waals surface area contributed by atoms with Gasteiger partial charge in [-0.3, -0.25) is 9.80 Å². The second-order valence-corrected chi connectivity index (χ2v) is 10.1. The van der Waals surface area contributed by atoms with Crippen LogP contribution in [0.3, 0.4) is 0 Å². The first-order valence-corrected chi connectivity index (χ1v) is 13.3. The number of morpholine rings is 2. The molecule has 2 aliphatic rings. The molecule has 0 radical (unpaired) electrons. The van der Waals surface area contributed by atoms with Gasteiger partial charge in [0.1, 0.15) is 0 Å². The molecule has 3 aromatic rings. The molecule has 5 rings (SSSR count). The zero-order chi connectivity index (χ0) is 26.1. The molecule has 0 atom stereocenters. The van der Waals surface area contributed by atoms with Gasteiger partial charge < -0.3 is 9.47 Å². The highest BCUT2D eigenvalue weighted by atomic mass is 79.9. The van der Waals surface area contributed by atoms with E-state index in [1.54, 1.807) is 18.2 Å². The van der Waals surface area contributed by atoms with Crippen LogP contribution in [-0.2, 0) is 28.7 Å². The van der Waals surface area contributed by atoms with Crippen molar-refractivity contribution in [2.75, 3.05) is 52.6 Å². The number of ether oxygens (including phenoxy) is 2. The van der Waals surface area contributed by atoms with E-state index in [0.717, 1.165) is 81.8 Å². The van der Waals surface area contributed by atoms with Crippen LogP contribution >= 0.6 is 15.9 Å². The highest BCUT2D eigenvalue weighted by Crippen LogP contribution is 2.36. The Morgan fingerprint density at radius 1 is 0.649 bits per heavy atom. The van der Waals surface area contributed by atoms with Gasteiger partial charge in [0, 0.05) is 43.7 Å². The summed E-state index contributed by atoms with van der Waals surface area (Å²) in [6.07, 6.45) is -4.34. The van der Waals surface area contributed by atoms with Gasteiger partial charge in [-0.2, -0.15) is 13.2 Å². The summed E-state index contributed by atoms with van der Waals surface area (Å²) in [6, 6.07) is 21.5. The van der Waals surface area contributed by atoms with Crippen molar-refractivity contribution < 1.29 is 22.6 Å². The smallest absolute Gasteiger partial charge is 0.379 e. The van der Waals surface area contributed by atoms with Crippen molar-refractivity contribution in [3.63, 3.8) is 0 Å². The molecule has 0 bridgehead atoms. The molecule has 37 heavy (non-hydrogen) atoms. The van der Waals surface area contributed by atoms with Crippen LogP contribution in [0, 0.1) is 0 Å². The Bertz CT molecular complexity index is 1100. The summed E-state index contributed by atoms with van der Waals surface area (Å²) in [5.41, 5.74) is 2.68. The zero-order valence-corrected chi connectivity index (χ0v) is 22.3. The lowest BCUT2D eigenvalue weighted by Gasteiger charge is -2.26. The minimum absolute atomic E-state index is 0.220. The summed E-state index contributed by atoms with van der Waals surface area (Å²) in [6.45, 7) is 8.92. The Labute approximate surface area is 225 Å². The molecular formula is C29H32BrF3N2O2. The van der Waals surface area contributed by atoms with E-state index in [4.69, 9.17) is 9.47 Å². The van der Waals surface area contributed by atoms with Gasteiger partial charge in [0.25, 0.3) is 0 Å². The fourth-order valence-electron chi connectivity index (χ4n) is 4.40. The molecule has 0 aromatic heterocycles. The van der Waals surface area contributed by atoms with Crippen LogP contribution in [0.25, 0.3) is 11.1 Å². The minimum atomic E-state index is -4.34. The third kappa shape index (κ3) is 8.65. The lowest BCUT2D eigenvalue weighted by molar-refractivity contribution is -0.137. The van der Waals surface area contributed by atoms with E-state index in [1.807, 2.05) is 12.1 Å². The molecule has 0 N–H and O–H groups in total. The first-order valence-electron chi connectivity index (χ1n) is 12.5. The third-order valence-electron chi connectivity index (χ3n) is 6.43.